The van der Waals surface area contributed by atoms with Gasteiger partial charge in [0.1, 0.15) is 17.2 Å². The Balaban J connectivity index is 1.55. The largest absolute Gasteiger partial charge is 0.573 e. The fourth-order valence-corrected chi connectivity index (χ4v) is 3.31. The lowest BCUT2D eigenvalue weighted by atomic mass is 10.1. The number of benzene rings is 2. The second kappa shape index (κ2) is 9.25. The number of rotatable bonds is 6. The molecule has 0 aliphatic carbocycles. The van der Waals surface area contributed by atoms with Crippen molar-refractivity contribution in [1.29, 1.82) is 0 Å². The molecule has 0 spiro atoms. The maximum atomic E-state index is 12.9. The first kappa shape index (κ1) is 21.8. The van der Waals surface area contributed by atoms with E-state index < -0.39 is 6.36 Å². The van der Waals surface area contributed by atoms with E-state index in [4.69, 9.17) is 9.47 Å². The highest BCUT2D eigenvalue weighted by atomic mass is 19.4. The van der Waals surface area contributed by atoms with Crippen LogP contribution in [0.5, 0.6) is 17.2 Å². The Morgan fingerprint density at radius 2 is 1.57 bits per heavy atom. The number of carbonyl (C=O) groups is 1. The van der Waals surface area contributed by atoms with Gasteiger partial charge in [0.15, 0.2) is 0 Å². The zero-order chi connectivity index (χ0) is 21.7. The summed E-state index contributed by atoms with van der Waals surface area (Å²) in [7, 11) is 3.06. The van der Waals surface area contributed by atoms with Crippen LogP contribution in [0.3, 0.4) is 0 Å². The summed E-state index contributed by atoms with van der Waals surface area (Å²) in [6.07, 6.45) is -4.70. The number of hydrogen-bond donors (Lipinski definition) is 0. The van der Waals surface area contributed by atoms with E-state index in [1.165, 1.54) is 19.2 Å². The summed E-state index contributed by atoms with van der Waals surface area (Å²) in [5.41, 5.74) is 1.35. The molecule has 1 aliphatic rings. The normalized spacial score (nSPS) is 15.0. The Labute approximate surface area is 172 Å². The molecule has 0 bridgehead atoms. The average molecular weight is 424 g/mol. The first-order valence-electron chi connectivity index (χ1n) is 9.37. The zero-order valence-electron chi connectivity index (χ0n) is 16.7. The number of alkyl halides is 3. The van der Waals surface area contributed by atoms with Gasteiger partial charge in [0, 0.05) is 38.8 Å². The van der Waals surface area contributed by atoms with E-state index >= 15 is 0 Å². The van der Waals surface area contributed by atoms with Gasteiger partial charge in [-0.25, -0.2) is 0 Å². The third-order valence-electron chi connectivity index (χ3n) is 4.86. The minimum atomic E-state index is -4.70. The van der Waals surface area contributed by atoms with Crippen molar-refractivity contribution in [1.82, 2.24) is 9.80 Å². The van der Waals surface area contributed by atoms with E-state index in [1.807, 2.05) is 0 Å². The van der Waals surface area contributed by atoms with Gasteiger partial charge in [-0.15, -0.1) is 13.2 Å². The molecule has 2 aromatic rings. The Kier molecular flexibility index (Phi) is 6.71. The summed E-state index contributed by atoms with van der Waals surface area (Å²) in [5.74, 6) is 0.723. The summed E-state index contributed by atoms with van der Waals surface area (Å²) in [5, 5.41) is 0. The maximum absolute atomic E-state index is 12.9. The Bertz CT molecular complexity index is 864. The SMILES string of the molecule is COc1ccc(C(=O)N2CCN(Cc3ccc(OC(F)(F)F)cc3)CC2)c(OC)c1. The smallest absolute Gasteiger partial charge is 0.497 e. The van der Waals surface area contributed by atoms with Crippen molar-refractivity contribution in [3.05, 3.63) is 53.6 Å². The highest BCUT2D eigenvalue weighted by Gasteiger charge is 2.31. The van der Waals surface area contributed by atoms with Crippen molar-refractivity contribution in [2.45, 2.75) is 12.9 Å². The molecular weight excluding hydrogens is 401 g/mol. The van der Waals surface area contributed by atoms with Gasteiger partial charge >= 0.3 is 6.36 Å². The molecule has 0 atom stereocenters. The lowest BCUT2D eigenvalue weighted by Crippen LogP contribution is -2.48. The second-order valence-corrected chi connectivity index (χ2v) is 6.83. The van der Waals surface area contributed by atoms with Crippen LogP contribution in [0.25, 0.3) is 0 Å². The number of ether oxygens (including phenoxy) is 3. The van der Waals surface area contributed by atoms with E-state index in [0.29, 0.717) is 49.8 Å². The van der Waals surface area contributed by atoms with Crippen molar-refractivity contribution in [3.8, 4) is 17.2 Å². The lowest BCUT2D eigenvalue weighted by Gasteiger charge is -2.35. The van der Waals surface area contributed by atoms with Gasteiger partial charge in [-0.05, 0) is 29.8 Å². The molecule has 2 aromatic carbocycles. The monoisotopic (exact) mass is 424 g/mol. The molecule has 0 unspecified atom stereocenters. The predicted octanol–water partition coefficient (Wildman–Crippen LogP) is 3.56. The molecule has 0 N–H and O–H groups in total. The number of piperazine rings is 1. The van der Waals surface area contributed by atoms with Crippen LogP contribution >= 0.6 is 0 Å². The molecule has 1 heterocycles. The lowest BCUT2D eigenvalue weighted by molar-refractivity contribution is -0.274. The molecule has 0 radical (unpaired) electrons. The molecule has 9 heteroatoms. The Morgan fingerprint density at radius 1 is 0.933 bits per heavy atom. The van der Waals surface area contributed by atoms with Crippen LogP contribution in [-0.4, -0.2) is 62.5 Å². The van der Waals surface area contributed by atoms with Crippen molar-refractivity contribution < 1.29 is 32.2 Å². The van der Waals surface area contributed by atoms with Gasteiger partial charge in [-0.3, -0.25) is 9.69 Å². The molecule has 162 valence electrons. The highest BCUT2D eigenvalue weighted by Crippen LogP contribution is 2.26. The van der Waals surface area contributed by atoms with E-state index in [-0.39, 0.29) is 11.7 Å². The van der Waals surface area contributed by atoms with E-state index in [2.05, 4.69) is 9.64 Å². The molecule has 0 saturated carbocycles. The van der Waals surface area contributed by atoms with E-state index in [0.717, 1.165) is 5.56 Å². The molecule has 1 saturated heterocycles. The number of halogens is 3. The quantitative estimate of drug-likeness (QED) is 0.710. The first-order chi connectivity index (χ1) is 14.3. The molecular formula is C21H23F3N2O4. The topological polar surface area (TPSA) is 51.2 Å². The number of carbonyl (C=O) groups excluding carboxylic acids is 1. The molecule has 6 nitrogen and oxygen atoms in total. The zero-order valence-corrected chi connectivity index (χ0v) is 16.7. The minimum absolute atomic E-state index is 0.109. The highest BCUT2D eigenvalue weighted by molar-refractivity contribution is 5.97. The molecule has 0 aromatic heterocycles. The Hall–Kier alpha value is -2.94. The minimum Gasteiger partial charge on any atom is -0.497 e. The van der Waals surface area contributed by atoms with Crippen LogP contribution in [0.15, 0.2) is 42.5 Å². The van der Waals surface area contributed by atoms with Crippen LogP contribution in [0, 0.1) is 0 Å². The van der Waals surface area contributed by atoms with Gasteiger partial charge < -0.3 is 19.1 Å². The summed E-state index contributed by atoms with van der Waals surface area (Å²) in [6, 6.07) is 10.9. The van der Waals surface area contributed by atoms with Crippen LogP contribution < -0.4 is 14.2 Å². The summed E-state index contributed by atoms with van der Waals surface area (Å²) in [4.78, 5) is 16.8. The van der Waals surface area contributed by atoms with Gasteiger partial charge in [0.2, 0.25) is 0 Å². The van der Waals surface area contributed by atoms with Gasteiger partial charge in [-0.1, -0.05) is 12.1 Å². The fraction of sp³-hybridized carbons (Fsp3) is 0.381. The van der Waals surface area contributed by atoms with E-state index in [1.54, 1.807) is 42.3 Å². The van der Waals surface area contributed by atoms with Crippen LogP contribution in [0.2, 0.25) is 0 Å². The first-order valence-corrected chi connectivity index (χ1v) is 9.37. The van der Waals surface area contributed by atoms with E-state index in [9.17, 15) is 18.0 Å². The molecule has 1 fully saturated rings. The second-order valence-electron chi connectivity index (χ2n) is 6.83. The average Bonchev–Trinajstić information content (AvgIpc) is 2.73. The molecule has 30 heavy (non-hydrogen) atoms. The van der Waals surface area contributed by atoms with Gasteiger partial charge in [-0.2, -0.15) is 0 Å². The molecule has 1 amide bonds. The van der Waals surface area contributed by atoms with Crippen molar-refractivity contribution in [2.24, 2.45) is 0 Å². The molecule has 3 rings (SSSR count). The number of hydrogen-bond acceptors (Lipinski definition) is 5. The summed E-state index contributed by atoms with van der Waals surface area (Å²) >= 11 is 0. The summed E-state index contributed by atoms with van der Waals surface area (Å²) in [6.45, 7) is 2.99. The van der Waals surface area contributed by atoms with Crippen molar-refractivity contribution in [2.75, 3.05) is 40.4 Å². The standard InChI is InChI=1S/C21H23F3N2O4/c1-28-17-7-8-18(19(13-17)29-2)20(27)26-11-9-25(10-12-26)14-15-3-5-16(6-4-15)30-21(22,23)24/h3-8,13H,9-12,14H2,1-2H3. The number of methoxy groups -OCH3 is 2. The fourth-order valence-electron chi connectivity index (χ4n) is 3.31. The Morgan fingerprint density at radius 3 is 2.13 bits per heavy atom. The third kappa shape index (κ3) is 5.56. The number of nitrogens with zero attached hydrogens (tertiary/aromatic N) is 2. The van der Waals surface area contributed by atoms with Crippen LogP contribution in [0.4, 0.5) is 13.2 Å². The van der Waals surface area contributed by atoms with Gasteiger partial charge in [0.25, 0.3) is 5.91 Å². The third-order valence-corrected chi connectivity index (χ3v) is 4.86. The predicted molar refractivity (Wildman–Crippen MR) is 104 cm³/mol. The van der Waals surface area contributed by atoms with Crippen molar-refractivity contribution in [3.63, 3.8) is 0 Å². The van der Waals surface area contributed by atoms with Crippen LogP contribution in [0.1, 0.15) is 15.9 Å². The summed E-state index contributed by atoms with van der Waals surface area (Å²) < 4.78 is 51.1. The van der Waals surface area contributed by atoms with Gasteiger partial charge in [0.05, 0.1) is 19.8 Å². The van der Waals surface area contributed by atoms with Crippen molar-refractivity contribution >= 4 is 5.91 Å². The molecule has 1 aliphatic heterocycles. The number of amides is 1. The maximum Gasteiger partial charge on any atom is 0.573 e. The van der Waals surface area contributed by atoms with Crippen LogP contribution in [-0.2, 0) is 6.54 Å².